The monoisotopic (exact) mass is 519 g/mol. The molecule has 6 aromatic carbocycles. The van der Waals surface area contributed by atoms with Gasteiger partial charge in [0.25, 0.3) is 0 Å². The lowest BCUT2D eigenvalue weighted by Crippen LogP contribution is -2.28. The predicted octanol–water partition coefficient (Wildman–Crippen LogP) is 10.2. The molecule has 186 valence electrons. The van der Waals surface area contributed by atoms with Crippen LogP contribution in [-0.2, 0) is 5.41 Å². The van der Waals surface area contributed by atoms with Crippen LogP contribution in [0.5, 0.6) is 0 Å². The number of hydrogen-bond donors (Lipinski definition) is 0. The van der Waals surface area contributed by atoms with E-state index in [1.54, 1.807) is 0 Å². The van der Waals surface area contributed by atoms with E-state index in [1.165, 1.54) is 33.4 Å². The second-order valence-corrected chi connectivity index (χ2v) is 10.3. The highest BCUT2D eigenvalue weighted by Gasteiger charge is 2.46. The molecule has 0 heterocycles. The molecule has 0 saturated carbocycles. The molecule has 0 saturated heterocycles. The molecule has 2 heteroatoms. The minimum absolute atomic E-state index is 0.402. The van der Waals surface area contributed by atoms with E-state index >= 15 is 0 Å². The van der Waals surface area contributed by atoms with Gasteiger partial charge in [-0.2, -0.15) is 0 Å². The Hall–Kier alpha value is -4.59. The minimum atomic E-state index is -0.402. The molecule has 1 nitrogen and oxygen atoms in total. The normalized spacial score (nSPS) is 12.9. The molecule has 0 aliphatic heterocycles. The number of nitrogens with zero attached hydrogens (tertiary/aromatic N) is 1. The van der Waals surface area contributed by atoms with E-state index in [2.05, 4.69) is 138 Å². The molecule has 1 aliphatic carbocycles. The SMILES string of the molecule is Clc1cccc(N(c2ccccc2)c2ccc3c(c2)-c2ccccc2C3(c2ccccc2)c2ccccc2)c1. The maximum absolute atomic E-state index is 6.47. The molecule has 1 aliphatic rings. The van der Waals surface area contributed by atoms with Crippen molar-refractivity contribution in [3.8, 4) is 11.1 Å². The maximum atomic E-state index is 6.47. The first-order valence-corrected chi connectivity index (χ1v) is 13.6. The van der Waals surface area contributed by atoms with E-state index in [4.69, 9.17) is 11.6 Å². The summed E-state index contributed by atoms with van der Waals surface area (Å²) in [7, 11) is 0. The molecule has 0 amide bonds. The van der Waals surface area contributed by atoms with Crippen LogP contribution in [0, 0.1) is 0 Å². The van der Waals surface area contributed by atoms with Crippen molar-refractivity contribution in [3.63, 3.8) is 0 Å². The molecular weight excluding hydrogens is 494 g/mol. The standard InChI is InChI=1S/C37H26ClN/c38-29-17-12-20-31(25-29)39(30-18-8-3-9-19-30)32-23-24-36-34(26-32)33-21-10-11-22-35(33)37(36,27-13-4-1-5-14-27)28-15-6-2-7-16-28/h1-26H. The molecule has 0 atom stereocenters. The largest absolute Gasteiger partial charge is 0.310 e. The van der Waals surface area contributed by atoms with Gasteiger partial charge in [0.1, 0.15) is 0 Å². The summed E-state index contributed by atoms with van der Waals surface area (Å²) in [6.07, 6.45) is 0. The van der Waals surface area contributed by atoms with Crippen molar-refractivity contribution in [2.24, 2.45) is 0 Å². The Kier molecular flexibility index (Phi) is 5.80. The van der Waals surface area contributed by atoms with E-state index < -0.39 is 5.41 Å². The molecule has 0 bridgehead atoms. The lowest BCUT2D eigenvalue weighted by atomic mass is 9.68. The van der Waals surface area contributed by atoms with Gasteiger partial charge in [-0.1, -0.05) is 127 Å². The fourth-order valence-corrected chi connectivity index (χ4v) is 6.40. The van der Waals surface area contributed by atoms with Gasteiger partial charge in [0, 0.05) is 22.1 Å². The molecular formula is C37H26ClN. The van der Waals surface area contributed by atoms with Gasteiger partial charge in [0.15, 0.2) is 0 Å². The maximum Gasteiger partial charge on any atom is 0.0713 e. The summed E-state index contributed by atoms with van der Waals surface area (Å²) in [6.45, 7) is 0. The molecule has 39 heavy (non-hydrogen) atoms. The lowest BCUT2D eigenvalue weighted by Gasteiger charge is -2.34. The van der Waals surface area contributed by atoms with Crippen molar-refractivity contribution in [2.75, 3.05) is 4.90 Å². The zero-order valence-electron chi connectivity index (χ0n) is 21.3. The number of anilines is 3. The third kappa shape index (κ3) is 3.78. The zero-order valence-corrected chi connectivity index (χ0v) is 22.1. The molecule has 6 aromatic rings. The molecule has 0 fully saturated rings. The zero-order chi connectivity index (χ0) is 26.2. The van der Waals surface area contributed by atoms with Gasteiger partial charge < -0.3 is 4.90 Å². The van der Waals surface area contributed by atoms with Crippen LogP contribution in [0.4, 0.5) is 17.1 Å². The first-order valence-electron chi connectivity index (χ1n) is 13.2. The Balaban J connectivity index is 1.52. The highest BCUT2D eigenvalue weighted by atomic mass is 35.5. The van der Waals surface area contributed by atoms with Gasteiger partial charge >= 0.3 is 0 Å². The minimum Gasteiger partial charge on any atom is -0.310 e. The topological polar surface area (TPSA) is 3.24 Å². The summed E-state index contributed by atoms with van der Waals surface area (Å²) < 4.78 is 0. The molecule has 0 spiro atoms. The Bertz CT molecular complexity index is 1720. The van der Waals surface area contributed by atoms with Crippen molar-refractivity contribution in [2.45, 2.75) is 5.41 Å². The molecule has 7 rings (SSSR count). The Morgan fingerprint density at radius 3 is 1.62 bits per heavy atom. The van der Waals surface area contributed by atoms with Crippen LogP contribution in [0.1, 0.15) is 22.3 Å². The smallest absolute Gasteiger partial charge is 0.0713 e. The quantitative estimate of drug-likeness (QED) is 0.218. The first kappa shape index (κ1) is 23.5. The average molecular weight is 520 g/mol. The van der Waals surface area contributed by atoms with E-state index in [9.17, 15) is 0 Å². The number of benzene rings is 6. The second-order valence-electron chi connectivity index (χ2n) is 9.91. The number of rotatable bonds is 5. The van der Waals surface area contributed by atoms with Crippen LogP contribution in [0.2, 0.25) is 5.02 Å². The Morgan fingerprint density at radius 1 is 0.410 bits per heavy atom. The van der Waals surface area contributed by atoms with E-state index in [-0.39, 0.29) is 0 Å². The van der Waals surface area contributed by atoms with Gasteiger partial charge in [-0.3, -0.25) is 0 Å². The predicted molar refractivity (Wildman–Crippen MR) is 163 cm³/mol. The third-order valence-corrected chi connectivity index (χ3v) is 8.02. The summed E-state index contributed by atoms with van der Waals surface area (Å²) in [5.41, 5.74) is 10.5. The van der Waals surface area contributed by atoms with Gasteiger partial charge in [0.05, 0.1) is 5.41 Å². The first-order chi connectivity index (χ1) is 19.3. The highest BCUT2D eigenvalue weighted by molar-refractivity contribution is 6.30. The second kappa shape index (κ2) is 9.62. The van der Waals surface area contributed by atoms with Gasteiger partial charge in [-0.15, -0.1) is 0 Å². The molecule has 0 radical (unpaired) electrons. The van der Waals surface area contributed by atoms with Crippen LogP contribution in [0.15, 0.2) is 158 Å². The van der Waals surface area contributed by atoms with E-state index in [0.29, 0.717) is 5.02 Å². The number of hydrogen-bond acceptors (Lipinski definition) is 1. The molecule has 0 N–H and O–H groups in total. The van der Waals surface area contributed by atoms with Crippen LogP contribution >= 0.6 is 11.6 Å². The van der Waals surface area contributed by atoms with Crippen LogP contribution in [0.25, 0.3) is 11.1 Å². The van der Waals surface area contributed by atoms with Crippen molar-refractivity contribution in [1.29, 1.82) is 0 Å². The summed E-state index contributed by atoms with van der Waals surface area (Å²) in [5, 5.41) is 0.715. The van der Waals surface area contributed by atoms with Crippen molar-refractivity contribution in [1.82, 2.24) is 0 Å². The third-order valence-electron chi connectivity index (χ3n) is 7.78. The van der Waals surface area contributed by atoms with Crippen LogP contribution in [-0.4, -0.2) is 0 Å². The molecule has 0 aromatic heterocycles. The van der Waals surface area contributed by atoms with Gasteiger partial charge in [0.2, 0.25) is 0 Å². The highest BCUT2D eigenvalue weighted by Crippen LogP contribution is 2.57. The fraction of sp³-hybridized carbons (Fsp3) is 0.0270. The lowest BCUT2D eigenvalue weighted by molar-refractivity contribution is 0.768. The molecule has 0 unspecified atom stereocenters. The summed E-state index contributed by atoms with van der Waals surface area (Å²) >= 11 is 6.47. The van der Waals surface area contributed by atoms with Gasteiger partial charge in [-0.05, 0) is 75.8 Å². The average Bonchev–Trinajstić information content (AvgIpc) is 3.29. The fourth-order valence-electron chi connectivity index (χ4n) is 6.22. The van der Waals surface area contributed by atoms with Crippen molar-refractivity contribution < 1.29 is 0 Å². The summed E-state index contributed by atoms with van der Waals surface area (Å²) in [5.74, 6) is 0. The summed E-state index contributed by atoms with van der Waals surface area (Å²) in [4.78, 5) is 2.28. The van der Waals surface area contributed by atoms with Crippen molar-refractivity contribution in [3.05, 3.63) is 185 Å². The van der Waals surface area contributed by atoms with E-state index in [1.807, 2.05) is 24.3 Å². The Labute approximate surface area is 234 Å². The van der Waals surface area contributed by atoms with E-state index in [0.717, 1.165) is 17.1 Å². The van der Waals surface area contributed by atoms with Gasteiger partial charge in [-0.25, -0.2) is 0 Å². The van der Waals surface area contributed by atoms with Crippen LogP contribution < -0.4 is 4.90 Å². The van der Waals surface area contributed by atoms with Crippen molar-refractivity contribution >= 4 is 28.7 Å². The summed E-state index contributed by atoms with van der Waals surface area (Å²) in [6, 6.07) is 56.1. The Morgan fingerprint density at radius 2 is 0.949 bits per heavy atom. The number of para-hydroxylation sites is 1. The number of halogens is 1. The van der Waals surface area contributed by atoms with Crippen LogP contribution in [0.3, 0.4) is 0 Å². The number of fused-ring (bicyclic) bond motifs is 3.